The van der Waals surface area contributed by atoms with Crippen LogP contribution in [0.4, 0.5) is 32.3 Å². The second kappa shape index (κ2) is 11.7. The second-order valence-corrected chi connectivity index (χ2v) is 8.11. The molecule has 8 nitrogen and oxygen atoms in total. The van der Waals surface area contributed by atoms with Gasteiger partial charge in [0.1, 0.15) is 0 Å². The van der Waals surface area contributed by atoms with Gasteiger partial charge in [0.05, 0.1) is 23.3 Å². The predicted octanol–water partition coefficient (Wildman–Crippen LogP) is 6.31. The van der Waals surface area contributed by atoms with E-state index in [1.54, 1.807) is 48.5 Å². The van der Waals surface area contributed by atoms with Crippen LogP contribution in [0.15, 0.2) is 97.1 Å². The third-order valence-corrected chi connectivity index (χ3v) is 5.33. The zero-order valence-corrected chi connectivity index (χ0v) is 19.7. The summed E-state index contributed by atoms with van der Waals surface area (Å²) in [4.78, 5) is 24.5. The summed E-state index contributed by atoms with van der Waals surface area (Å²) in [5.74, 6) is 0. The molecule has 0 aromatic heterocycles. The molecule has 0 aliphatic rings. The number of rotatable bonds is 6. The Labute approximate surface area is 214 Å². The lowest BCUT2D eigenvalue weighted by Gasteiger charge is -2.10. The highest BCUT2D eigenvalue weighted by molar-refractivity contribution is 6.00. The Morgan fingerprint density at radius 1 is 0.541 bits per heavy atom. The number of benzene rings is 4. The van der Waals surface area contributed by atoms with Crippen LogP contribution in [0.25, 0.3) is 0 Å². The van der Waals surface area contributed by atoms with E-state index in [1.807, 2.05) is 60.7 Å². The van der Waals surface area contributed by atoms with Crippen molar-refractivity contribution >= 4 is 34.8 Å². The minimum absolute atomic E-state index is 0.396. The average molecular weight is 487 g/mol. The smallest absolute Gasteiger partial charge is 0.308 e. The third-order valence-electron chi connectivity index (χ3n) is 5.33. The van der Waals surface area contributed by atoms with Crippen LogP contribution in [0.5, 0.6) is 0 Å². The van der Waals surface area contributed by atoms with Crippen molar-refractivity contribution < 1.29 is 9.59 Å². The van der Waals surface area contributed by atoms with Crippen LogP contribution in [0.3, 0.4) is 0 Å². The Bertz CT molecular complexity index is 1380. The normalized spacial score (nSPS) is 9.89. The monoisotopic (exact) mass is 486 g/mol. The lowest BCUT2D eigenvalue weighted by molar-refractivity contribution is 0.261. The summed E-state index contributed by atoms with van der Waals surface area (Å²) in [7, 11) is 0. The van der Waals surface area contributed by atoms with Crippen molar-refractivity contribution in [2.24, 2.45) is 0 Å². The van der Waals surface area contributed by atoms with E-state index >= 15 is 0 Å². The van der Waals surface area contributed by atoms with Crippen molar-refractivity contribution in [3.8, 4) is 12.1 Å². The molecule has 37 heavy (non-hydrogen) atoms. The Morgan fingerprint density at radius 2 is 0.919 bits per heavy atom. The molecule has 0 saturated carbocycles. The number of nitriles is 2. The molecule has 4 rings (SSSR count). The van der Waals surface area contributed by atoms with Crippen molar-refractivity contribution in [1.82, 2.24) is 0 Å². The average Bonchev–Trinajstić information content (AvgIpc) is 2.91. The predicted molar refractivity (Wildman–Crippen MR) is 143 cm³/mol. The number of carbonyl (C=O) groups is 2. The molecule has 8 heteroatoms. The highest BCUT2D eigenvalue weighted by atomic mass is 16.2. The van der Waals surface area contributed by atoms with E-state index in [2.05, 4.69) is 21.3 Å². The fourth-order valence-corrected chi connectivity index (χ4v) is 3.57. The van der Waals surface area contributed by atoms with E-state index in [-0.39, 0.29) is 0 Å². The number of hydrogen-bond donors (Lipinski definition) is 4. The summed E-state index contributed by atoms with van der Waals surface area (Å²) in [6, 6.07) is 31.7. The molecule has 0 saturated heterocycles. The van der Waals surface area contributed by atoms with Gasteiger partial charge in [0, 0.05) is 22.7 Å². The summed E-state index contributed by atoms with van der Waals surface area (Å²) in [6.07, 6.45) is 0.681. The molecule has 0 aliphatic carbocycles. The number of nitrogens with one attached hydrogen (secondary N) is 4. The Kier molecular flexibility index (Phi) is 7.75. The number of urea groups is 2. The number of nitrogens with zero attached hydrogens (tertiary/aromatic N) is 2. The first-order valence-corrected chi connectivity index (χ1v) is 11.3. The van der Waals surface area contributed by atoms with Crippen molar-refractivity contribution in [3.05, 3.63) is 119 Å². The van der Waals surface area contributed by atoms with Gasteiger partial charge in [-0.3, -0.25) is 0 Å². The van der Waals surface area contributed by atoms with Crippen LogP contribution in [0, 0.1) is 22.7 Å². The summed E-state index contributed by atoms with van der Waals surface area (Å²) in [5, 5.41) is 28.9. The SMILES string of the molecule is N#Cc1cccc(NC(=O)Nc2ccc(Cc3ccc(NC(=O)Nc4cccc(C#N)c4)cc3)cc2)c1. The van der Waals surface area contributed by atoms with Gasteiger partial charge >= 0.3 is 12.1 Å². The molecule has 0 spiro atoms. The molecule has 0 fully saturated rings. The van der Waals surface area contributed by atoms with Crippen molar-refractivity contribution in [2.45, 2.75) is 6.42 Å². The van der Waals surface area contributed by atoms with Gasteiger partial charge in [-0.1, -0.05) is 36.4 Å². The van der Waals surface area contributed by atoms with Gasteiger partial charge in [-0.05, 0) is 78.2 Å². The van der Waals surface area contributed by atoms with Crippen LogP contribution in [0.1, 0.15) is 22.3 Å². The van der Waals surface area contributed by atoms with Crippen molar-refractivity contribution in [1.29, 1.82) is 10.5 Å². The molecule has 4 N–H and O–H groups in total. The first-order chi connectivity index (χ1) is 18.0. The summed E-state index contributed by atoms with van der Waals surface area (Å²) < 4.78 is 0. The molecule has 4 amide bonds. The van der Waals surface area contributed by atoms with E-state index < -0.39 is 12.1 Å². The molecule has 4 aromatic rings. The van der Waals surface area contributed by atoms with E-state index in [0.717, 1.165) is 11.1 Å². The van der Waals surface area contributed by atoms with Gasteiger partial charge in [0.25, 0.3) is 0 Å². The number of carbonyl (C=O) groups excluding carboxylic acids is 2. The zero-order chi connectivity index (χ0) is 26.0. The van der Waals surface area contributed by atoms with Crippen molar-refractivity contribution in [3.63, 3.8) is 0 Å². The van der Waals surface area contributed by atoms with E-state index in [0.29, 0.717) is 40.3 Å². The van der Waals surface area contributed by atoms with E-state index in [4.69, 9.17) is 10.5 Å². The molecule has 0 bridgehead atoms. The van der Waals surface area contributed by atoms with E-state index in [1.165, 1.54) is 0 Å². The maximum Gasteiger partial charge on any atom is 0.323 e. The van der Waals surface area contributed by atoms with Gasteiger partial charge in [0.15, 0.2) is 0 Å². The fourth-order valence-electron chi connectivity index (χ4n) is 3.57. The molecular formula is C29H22N6O2. The molecule has 0 unspecified atom stereocenters. The standard InChI is InChI=1S/C29H22N6O2/c30-18-22-3-1-5-26(16-22)34-28(36)32-24-11-7-20(8-12-24)15-21-9-13-25(14-10-21)33-29(37)35-27-6-2-4-23(17-27)19-31/h1-14,16-17H,15H2,(H2,32,34,36)(H2,33,35,37). The molecule has 0 radical (unpaired) electrons. The fraction of sp³-hybridized carbons (Fsp3) is 0.0345. The molecule has 0 atom stereocenters. The van der Waals surface area contributed by atoms with Crippen molar-refractivity contribution in [2.75, 3.05) is 21.3 Å². The quantitative estimate of drug-likeness (QED) is 0.254. The molecule has 0 heterocycles. The Hall–Kier alpha value is -5.60. The Morgan fingerprint density at radius 3 is 1.30 bits per heavy atom. The largest absolute Gasteiger partial charge is 0.323 e. The number of amides is 4. The zero-order valence-electron chi connectivity index (χ0n) is 19.7. The van der Waals surface area contributed by atoms with Crippen LogP contribution < -0.4 is 21.3 Å². The Balaban J connectivity index is 1.27. The molecular weight excluding hydrogens is 464 g/mol. The van der Waals surface area contributed by atoms with E-state index in [9.17, 15) is 9.59 Å². The van der Waals surface area contributed by atoms with Crippen LogP contribution in [-0.2, 0) is 6.42 Å². The summed E-state index contributed by atoms with van der Waals surface area (Å²) >= 11 is 0. The first-order valence-electron chi connectivity index (χ1n) is 11.3. The highest BCUT2D eigenvalue weighted by Crippen LogP contribution is 2.17. The van der Waals surface area contributed by atoms with Crippen LogP contribution in [0.2, 0.25) is 0 Å². The maximum absolute atomic E-state index is 12.2. The van der Waals surface area contributed by atoms with Gasteiger partial charge in [-0.15, -0.1) is 0 Å². The molecule has 180 valence electrons. The van der Waals surface area contributed by atoms with Gasteiger partial charge in [-0.25, -0.2) is 9.59 Å². The lowest BCUT2D eigenvalue weighted by atomic mass is 10.0. The first kappa shape index (κ1) is 24.5. The van der Waals surface area contributed by atoms with Gasteiger partial charge < -0.3 is 21.3 Å². The third kappa shape index (κ3) is 7.19. The highest BCUT2D eigenvalue weighted by Gasteiger charge is 2.06. The molecule has 0 aliphatic heterocycles. The molecule has 4 aromatic carbocycles. The maximum atomic E-state index is 12.2. The van der Waals surface area contributed by atoms with Gasteiger partial charge in [-0.2, -0.15) is 10.5 Å². The van der Waals surface area contributed by atoms with Gasteiger partial charge in [0.2, 0.25) is 0 Å². The lowest BCUT2D eigenvalue weighted by Crippen LogP contribution is -2.19. The summed E-state index contributed by atoms with van der Waals surface area (Å²) in [5.41, 5.74) is 5.42. The number of hydrogen-bond acceptors (Lipinski definition) is 4. The number of anilines is 4. The van der Waals surface area contributed by atoms with Crippen LogP contribution in [-0.4, -0.2) is 12.1 Å². The minimum atomic E-state index is -0.396. The second-order valence-electron chi connectivity index (χ2n) is 8.11. The topological polar surface area (TPSA) is 130 Å². The minimum Gasteiger partial charge on any atom is -0.308 e. The summed E-state index contributed by atoms with van der Waals surface area (Å²) in [6.45, 7) is 0. The van der Waals surface area contributed by atoms with Crippen LogP contribution >= 0.6 is 0 Å².